The number of hydrogen-bond donors (Lipinski definition) is 1. The fourth-order valence-corrected chi connectivity index (χ4v) is 3.15. The van der Waals surface area contributed by atoms with E-state index in [1.165, 1.54) is 5.52 Å². The molecule has 1 N–H and O–H groups in total. The summed E-state index contributed by atoms with van der Waals surface area (Å²) in [4.78, 5) is 4.77. The van der Waals surface area contributed by atoms with Gasteiger partial charge in [0.05, 0.1) is 31.8 Å². The Labute approximate surface area is 148 Å². The fraction of sp³-hybridized carbons (Fsp3) is 0.350. The molecule has 0 radical (unpaired) electrons. The molecule has 0 amide bonds. The summed E-state index contributed by atoms with van der Waals surface area (Å²) in [5.74, 6) is 2.72. The van der Waals surface area contributed by atoms with Gasteiger partial charge in [0.25, 0.3) is 0 Å². The van der Waals surface area contributed by atoms with E-state index in [4.69, 9.17) is 14.5 Å². The number of aromatic nitrogens is 2. The van der Waals surface area contributed by atoms with E-state index < -0.39 is 0 Å². The summed E-state index contributed by atoms with van der Waals surface area (Å²) in [5, 5.41) is 3.56. The third kappa shape index (κ3) is 3.46. The number of rotatable bonds is 7. The number of methoxy groups -OCH3 is 2. The van der Waals surface area contributed by atoms with E-state index in [2.05, 4.69) is 41.9 Å². The van der Waals surface area contributed by atoms with Gasteiger partial charge in [-0.1, -0.05) is 12.1 Å². The lowest BCUT2D eigenvalue weighted by Crippen LogP contribution is -2.21. The van der Waals surface area contributed by atoms with Crippen molar-refractivity contribution in [2.45, 2.75) is 33.0 Å². The van der Waals surface area contributed by atoms with Gasteiger partial charge < -0.3 is 19.4 Å². The van der Waals surface area contributed by atoms with Crippen LogP contribution < -0.4 is 14.8 Å². The Bertz CT molecular complexity index is 857. The van der Waals surface area contributed by atoms with Gasteiger partial charge in [0.1, 0.15) is 17.3 Å². The predicted molar refractivity (Wildman–Crippen MR) is 100 cm³/mol. The Balaban J connectivity index is 1.82. The Morgan fingerprint density at radius 1 is 1.12 bits per heavy atom. The Kier molecular flexibility index (Phi) is 5.24. The van der Waals surface area contributed by atoms with Gasteiger partial charge in [-0.25, -0.2) is 4.98 Å². The lowest BCUT2D eigenvalue weighted by Gasteiger charge is -2.18. The second kappa shape index (κ2) is 7.57. The first-order valence-corrected chi connectivity index (χ1v) is 8.57. The number of para-hydroxylation sites is 2. The zero-order valence-electron chi connectivity index (χ0n) is 15.2. The van der Waals surface area contributed by atoms with Crippen LogP contribution in [0.2, 0.25) is 0 Å². The molecule has 0 saturated heterocycles. The van der Waals surface area contributed by atoms with Crippen LogP contribution in [0, 0.1) is 0 Å². The standard InChI is InChI=1S/C20H25N3O2/c1-5-23-18-9-7-6-8-17(18)22-20(23)13-21-14(2)16-12-15(24-3)10-11-19(16)25-4/h6-12,14,21H,5,13H2,1-4H3. The molecule has 3 rings (SSSR count). The van der Waals surface area contributed by atoms with Crippen molar-refractivity contribution in [1.29, 1.82) is 0 Å². The highest BCUT2D eigenvalue weighted by atomic mass is 16.5. The lowest BCUT2D eigenvalue weighted by molar-refractivity contribution is 0.391. The number of nitrogens with zero attached hydrogens (tertiary/aromatic N) is 2. The van der Waals surface area contributed by atoms with Crippen molar-refractivity contribution in [3.05, 3.63) is 53.9 Å². The summed E-state index contributed by atoms with van der Waals surface area (Å²) in [6, 6.07) is 14.2. The van der Waals surface area contributed by atoms with Gasteiger partial charge in [0.2, 0.25) is 0 Å². The molecule has 0 saturated carbocycles. The topological polar surface area (TPSA) is 48.3 Å². The van der Waals surface area contributed by atoms with Crippen molar-refractivity contribution in [1.82, 2.24) is 14.9 Å². The molecule has 1 atom stereocenters. The number of ether oxygens (including phenoxy) is 2. The third-order valence-electron chi connectivity index (χ3n) is 4.52. The minimum Gasteiger partial charge on any atom is -0.497 e. The van der Waals surface area contributed by atoms with Crippen LogP contribution in [0.15, 0.2) is 42.5 Å². The van der Waals surface area contributed by atoms with Crippen molar-refractivity contribution in [3.8, 4) is 11.5 Å². The fourth-order valence-electron chi connectivity index (χ4n) is 3.15. The number of nitrogens with one attached hydrogen (secondary N) is 1. The summed E-state index contributed by atoms with van der Waals surface area (Å²) >= 11 is 0. The van der Waals surface area contributed by atoms with E-state index >= 15 is 0 Å². The predicted octanol–water partition coefficient (Wildman–Crippen LogP) is 3.92. The van der Waals surface area contributed by atoms with Crippen molar-refractivity contribution in [2.24, 2.45) is 0 Å². The Morgan fingerprint density at radius 2 is 1.92 bits per heavy atom. The van der Waals surface area contributed by atoms with E-state index in [-0.39, 0.29) is 6.04 Å². The molecule has 1 heterocycles. The summed E-state index contributed by atoms with van der Waals surface area (Å²) < 4.78 is 13.1. The summed E-state index contributed by atoms with van der Waals surface area (Å²) in [5.41, 5.74) is 3.28. The highest BCUT2D eigenvalue weighted by Crippen LogP contribution is 2.29. The average Bonchev–Trinajstić information content (AvgIpc) is 3.02. The molecule has 0 spiro atoms. The molecule has 0 bridgehead atoms. The number of imidazole rings is 1. The molecule has 0 aliphatic heterocycles. The second-order valence-electron chi connectivity index (χ2n) is 5.97. The van der Waals surface area contributed by atoms with Crippen LogP contribution in [0.1, 0.15) is 31.3 Å². The van der Waals surface area contributed by atoms with Crippen LogP contribution in [0.25, 0.3) is 11.0 Å². The molecule has 3 aromatic rings. The van der Waals surface area contributed by atoms with Gasteiger partial charge in [0, 0.05) is 18.2 Å². The minimum absolute atomic E-state index is 0.107. The summed E-state index contributed by atoms with van der Waals surface area (Å²) in [6.45, 7) is 5.85. The zero-order chi connectivity index (χ0) is 17.8. The number of hydrogen-bond acceptors (Lipinski definition) is 4. The van der Waals surface area contributed by atoms with Crippen LogP contribution in [0.3, 0.4) is 0 Å². The summed E-state index contributed by atoms with van der Waals surface area (Å²) in [6.07, 6.45) is 0. The number of fused-ring (bicyclic) bond motifs is 1. The number of benzene rings is 2. The molecule has 0 aliphatic carbocycles. The smallest absolute Gasteiger partial charge is 0.123 e. The summed E-state index contributed by atoms with van der Waals surface area (Å²) in [7, 11) is 3.36. The van der Waals surface area contributed by atoms with Crippen LogP contribution in [-0.4, -0.2) is 23.8 Å². The van der Waals surface area contributed by atoms with Crippen molar-refractivity contribution < 1.29 is 9.47 Å². The average molecular weight is 339 g/mol. The quantitative estimate of drug-likeness (QED) is 0.709. The van der Waals surface area contributed by atoms with Gasteiger partial charge >= 0.3 is 0 Å². The van der Waals surface area contributed by atoms with Crippen LogP contribution in [-0.2, 0) is 13.1 Å². The van der Waals surface area contributed by atoms with Crippen molar-refractivity contribution in [2.75, 3.05) is 14.2 Å². The van der Waals surface area contributed by atoms with E-state index in [0.29, 0.717) is 6.54 Å². The van der Waals surface area contributed by atoms with Gasteiger partial charge in [0.15, 0.2) is 0 Å². The molecule has 132 valence electrons. The molecule has 1 aromatic heterocycles. The molecule has 0 aliphatic rings. The van der Waals surface area contributed by atoms with Crippen LogP contribution in [0.5, 0.6) is 11.5 Å². The van der Waals surface area contributed by atoms with E-state index in [1.54, 1.807) is 14.2 Å². The van der Waals surface area contributed by atoms with E-state index in [9.17, 15) is 0 Å². The SMILES string of the molecule is CCn1c(CNC(C)c2cc(OC)ccc2OC)nc2ccccc21. The maximum Gasteiger partial charge on any atom is 0.123 e. The molecule has 5 heteroatoms. The highest BCUT2D eigenvalue weighted by molar-refractivity contribution is 5.75. The van der Waals surface area contributed by atoms with Gasteiger partial charge in [-0.2, -0.15) is 0 Å². The first-order valence-electron chi connectivity index (χ1n) is 8.57. The maximum atomic E-state index is 5.49. The molecular weight excluding hydrogens is 314 g/mol. The van der Waals surface area contributed by atoms with Gasteiger partial charge in [-0.15, -0.1) is 0 Å². The van der Waals surface area contributed by atoms with Gasteiger partial charge in [-0.05, 0) is 44.2 Å². The normalized spacial score (nSPS) is 12.3. The largest absolute Gasteiger partial charge is 0.497 e. The molecule has 25 heavy (non-hydrogen) atoms. The van der Waals surface area contributed by atoms with Crippen LogP contribution >= 0.6 is 0 Å². The Hall–Kier alpha value is -2.53. The maximum absolute atomic E-state index is 5.49. The zero-order valence-corrected chi connectivity index (χ0v) is 15.2. The molecule has 0 fully saturated rings. The third-order valence-corrected chi connectivity index (χ3v) is 4.52. The monoisotopic (exact) mass is 339 g/mol. The van der Waals surface area contributed by atoms with Crippen molar-refractivity contribution >= 4 is 11.0 Å². The second-order valence-corrected chi connectivity index (χ2v) is 5.97. The van der Waals surface area contributed by atoms with E-state index in [0.717, 1.165) is 34.9 Å². The highest BCUT2D eigenvalue weighted by Gasteiger charge is 2.15. The first-order chi connectivity index (χ1) is 12.2. The van der Waals surface area contributed by atoms with E-state index in [1.807, 2.05) is 24.3 Å². The lowest BCUT2D eigenvalue weighted by atomic mass is 10.1. The molecular formula is C20H25N3O2. The molecule has 1 unspecified atom stereocenters. The molecule has 2 aromatic carbocycles. The van der Waals surface area contributed by atoms with Gasteiger partial charge in [-0.3, -0.25) is 0 Å². The minimum atomic E-state index is 0.107. The first kappa shape index (κ1) is 17.3. The van der Waals surface area contributed by atoms with Crippen molar-refractivity contribution in [3.63, 3.8) is 0 Å². The molecule has 5 nitrogen and oxygen atoms in total. The Morgan fingerprint density at radius 3 is 2.64 bits per heavy atom. The van der Waals surface area contributed by atoms with Crippen LogP contribution in [0.4, 0.5) is 0 Å². The number of aryl methyl sites for hydroxylation is 1.